The van der Waals surface area contributed by atoms with Crippen LogP contribution in [0.4, 0.5) is 4.39 Å². The Bertz CT molecular complexity index is 431. The maximum atomic E-state index is 13.0. The highest BCUT2D eigenvalue weighted by Crippen LogP contribution is 2.18. The molecule has 92 valence electrons. The van der Waals surface area contributed by atoms with Crippen molar-refractivity contribution < 1.29 is 14.3 Å². The lowest BCUT2D eigenvalue weighted by Crippen LogP contribution is -2.40. The summed E-state index contributed by atoms with van der Waals surface area (Å²) in [4.78, 5) is 13.9. The highest BCUT2D eigenvalue weighted by molar-refractivity contribution is 7.80. The average Bonchev–Trinajstić information content (AvgIpc) is 2.33. The average molecular weight is 255 g/mol. The number of piperidine rings is 1. The molecule has 0 unspecified atom stereocenters. The Labute approximate surface area is 105 Å². The van der Waals surface area contributed by atoms with Gasteiger partial charge >= 0.3 is 0 Å². The number of hydrogen-bond acceptors (Lipinski definition) is 3. The van der Waals surface area contributed by atoms with Crippen LogP contribution in [0.5, 0.6) is 0 Å². The molecule has 1 fully saturated rings. The number of likely N-dealkylation sites (tertiary alicyclic amines) is 1. The van der Waals surface area contributed by atoms with Gasteiger partial charge in [0.2, 0.25) is 0 Å². The predicted octanol–water partition coefficient (Wildman–Crippen LogP) is 1.71. The summed E-state index contributed by atoms with van der Waals surface area (Å²) in [5.74, 6) is -0.564. The molecule has 3 nitrogen and oxygen atoms in total. The summed E-state index contributed by atoms with van der Waals surface area (Å²) in [6.45, 7) is 1.08. The molecule has 0 aromatic heterocycles. The van der Waals surface area contributed by atoms with Crippen molar-refractivity contribution in [3.05, 3.63) is 29.6 Å². The molecule has 0 saturated carbocycles. The monoisotopic (exact) mass is 255 g/mol. The standard InChI is InChI=1S/C12H14FNO2S/c13-10-2-1-8(7-11(10)17)12(16)14-5-3-9(15)4-6-14/h1-2,7,9,15,17H,3-6H2. The van der Waals surface area contributed by atoms with Crippen molar-refractivity contribution in [1.29, 1.82) is 0 Å². The fourth-order valence-corrected chi connectivity index (χ4v) is 2.11. The van der Waals surface area contributed by atoms with Gasteiger partial charge in [0.15, 0.2) is 0 Å². The van der Waals surface area contributed by atoms with Crippen LogP contribution in [0.1, 0.15) is 23.2 Å². The fourth-order valence-electron chi connectivity index (χ4n) is 1.90. The summed E-state index contributed by atoms with van der Waals surface area (Å²) in [5, 5.41) is 9.36. The lowest BCUT2D eigenvalue weighted by molar-refractivity contribution is 0.0546. The van der Waals surface area contributed by atoms with Crippen LogP contribution in [0.15, 0.2) is 23.1 Å². The third-order valence-corrected chi connectivity index (χ3v) is 3.29. The molecule has 0 aliphatic carbocycles. The molecule has 1 amide bonds. The van der Waals surface area contributed by atoms with E-state index >= 15 is 0 Å². The van der Waals surface area contributed by atoms with Crippen molar-refractivity contribution in [2.45, 2.75) is 23.8 Å². The van der Waals surface area contributed by atoms with E-state index in [4.69, 9.17) is 0 Å². The summed E-state index contributed by atoms with van der Waals surface area (Å²) >= 11 is 3.95. The van der Waals surface area contributed by atoms with E-state index in [0.29, 0.717) is 31.5 Å². The van der Waals surface area contributed by atoms with Gasteiger partial charge in [0.25, 0.3) is 5.91 Å². The Morgan fingerprint density at radius 1 is 1.41 bits per heavy atom. The molecule has 1 aromatic carbocycles. The van der Waals surface area contributed by atoms with Crippen molar-refractivity contribution in [2.24, 2.45) is 0 Å². The third-order valence-electron chi connectivity index (χ3n) is 2.94. The molecular weight excluding hydrogens is 241 g/mol. The van der Waals surface area contributed by atoms with Crippen molar-refractivity contribution in [3.8, 4) is 0 Å². The van der Waals surface area contributed by atoms with Crippen molar-refractivity contribution in [1.82, 2.24) is 4.90 Å². The molecule has 5 heteroatoms. The first-order chi connectivity index (χ1) is 8.08. The molecule has 1 aliphatic rings. The number of carbonyl (C=O) groups is 1. The molecule has 1 heterocycles. The van der Waals surface area contributed by atoms with Crippen LogP contribution in [0.3, 0.4) is 0 Å². The van der Waals surface area contributed by atoms with E-state index in [0.717, 1.165) is 0 Å². The quantitative estimate of drug-likeness (QED) is 0.750. The maximum Gasteiger partial charge on any atom is 0.253 e. The second-order valence-electron chi connectivity index (χ2n) is 4.19. The molecule has 17 heavy (non-hydrogen) atoms. The maximum absolute atomic E-state index is 13.0. The van der Waals surface area contributed by atoms with E-state index in [-0.39, 0.29) is 16.9 Å². The van der Waals surface area contributed by atoms with E-state index in [1.54, 1.807) is 4.90 Å². The second-order valence-corrected chi connectivity index (χ2v) is 4.67. The zero-order valence-corrected chi connectivity index (χ0v) is 10.2. The Morgan fingerprint density at radius 3 is 2.65 bits per heavy atom. The van der Waals surface area contributed by atoms with Gasteiger partial charge in [-0.25, -0.2) is 4.39 Å². The molecule has 1 aliphatic heterocycles. The van der Waals surface area contributed by atoms with Gasteiger partial charge in [-0.2, -0.15) is 0 Å². The lowest BCUT2D eigenvalue weighted by Gasteiger charge is -2.29. The number of aliphatic hydroxyl groups is 1. The van der Waals surface area contributed by atoms with Crippen LogP contribution in [-0.4, -0.2) is 35.1 Å². The predicted molar refractivity (Wildman–Crippen MR) is 64.8 cm³/mol. The minimum absolute atomic E-state index is 0.132. The van der Waals surface area contributed by atoms with E-state index in [2.05, 4.69) is 12.6 Å². The van der Waals surface area contributed by atoms with Crippen LogP contribution in [0.25, 0.3) is 0 Å². The number of thiol groups is 1. The molecule has 1 N–H and O–H groups in total. The number of carbonyl (C=O) groups excluding carboxylic acids is 1. The lowest BCUT2D eigenvalue weighted by atomic mass is 10.1. The van der Waals surface area contributed by atoms with Gasteiger partial charge in [0.1, 0.15) is 5.82 Å². The minimum Gasteiger partial charge on any atom is -0.393 e. The third kappa shape index (κ3) is 2.79. The zero-order chi connectivity index (χ0) is 12.4. The Balaban J connectivity index is 2.11. The Kier molecular flexibility index (Phi) is 3.69. The highest BCUT2D eigenvalue weighted by Gasteiger charge is 2.22. The van der Waals surface area contributed by atoms with Crippen LogP contribution in [0, 0.1) is 5.82 Å². The summed E-state index contributed by atoms with van der Waals surface area (Å²) in [6.07, 6.45) is 0.883. The van der Waals surface area contributed by atoms with E-state index < -0.39 is 5.82 Å². The van der Waals surface area contributed by atoms with Gasteiger partial charge < -0.3 is 10.0 Å². The van der Waals surface area contributed by atoms with Crippen LogP contribution < -0.4 is 0 Å². The zero-order valence-electron chi connectivity index (χ0n) is 9.27. The summed E-state index contributed by atoms with van der Waals surface area (Å²) in [6, 6.07) is 4.14. The smallest absolute Gasteiger partial charge is 0.253 e. The largest absolute Gasteiger partial charge is 0.393 e. The topological polar surface area (TPSA) is 40.5 Å². The van der Waals surface area contributed by atoms with Crippen molar-refractivity contribution in [3.63, 3.8) is 0 Å². The molecule has 2 rings (SSSR count). The number of benzene rings is 1. The summed E-state index contributed by atoms with van der Waals surface area (Å²) < 4.78 is 13.0. The van der Waals surface area contributed by atoms with Gasteiger partial charge in [-0.3, -0.25) is 4.79 Å². The normalized spacial score (nSPS) is 17.2. The highest BCUT2D eigenvalue weighted by atomic mass is 32.1. The summed E-state index contributed by atoms with van der Waals surface area (Å²) in [5.41, 5.74) is 0.438. The molecule has 1 saturated heterocycles. The fraction of sp³-hybridized carbons (Fsp3) is 0.417. The van der Waals surface area contributed by atoms with Crippen LogP contribution in [0.2, 0.25) is 0 Å². The molecular formula is C12H14FNO2S. The van der Waals surface area contributed by atoms with Gasteiger partial charge in [0, 0.05) is 23.5 Å². The van der Waals surface area contributed by atoms with E-state index in [1.165, 1.54) is 18.2 Å². The van der Waals surface area contributed by atoms with Crippen molar-refractivity contribution in [2.75, 3.05) is 13.1 Å². The number of halogens is 1. The molecule has 0 bridgehead atoms. The van der Waals surface area contributed by atoms with E-state index in [1.807, 2.05) is 0 Å². The minimum atomic E-state index is -0.432. The number of nitrogens with zero attached hydrogens (tertiary/aromatic N) is 1. The first-order valence-corrected chi connectivity index (χ1v) is 5.98. The van der Waals surface area contributed by atoms with E-state index in [9.17, 15) is 14.3 Å². The van der Waals surface area contributed by atoms with Gasteiger partial charge in [-0.15, -0.1) is 12.6 Å². The summed E-state index contributed by atoms with van der Waals surface area (Å²) in [7, 11) is 0. The van der Waals surface area contributed by atoms with Crippen LogP contribution >= 0.6 is 12.6 Å². The van der Waals surface area contributed by atoms with Gasteiger partial charge in [-0.05, 0) is 31.0 Å². The Morgan fingerprint density at radius 2 is 2.06 bits per heavy atom. The molecule has 0 spiro atoms. The molecule has 1 aromatic rings. The van der Waals surface area contributed by atoms with Crippen LogP contribution in [-0.2, 0) is 0 Å². The number of amides is 1. The van der Waals surface area contributed by atoms with Crippen molar-refractivity contribution >= 4 is 18.5 Å². The molecule has 0 radical (unpaired) electrons. The SMILES string of the molecule is O=C(c1ccc(F)c(S)c1)N1CCC(O)CC1. The first-order valence-electron chi connectivity index (χ1n) is 5.54. The number of rotatable bonds is 1. The number of hydrogen-bond donors (Lipinski definition) is 2. The second kappa shape index (κ2) is 5.06. The number of aliphatic hydroxyl groups excluding tert-OH is 1. The first kappa shape index (κ1) is 12.4. The van der Waals surface area contributed by atoms with Gasteiger partial charge in [-0.1, -0.05) is 0 Å². The molecule has 0 atom stereocenters. The van der Waals surface area contributed by atoms with Gasteiger partial charge in [0.05, 0.1) is 6.10 Å². The Hall–Kier alpha value is -1.07.